The average molecular weight is 646 g/mol. The van der Waals surface area contributed by atoms with Crippen LogP contribution < -0.4 is 0 Å². The second-order valence-electron chi connectivity index (χ2n) is 13.9. The summed E-state index contributed by atoms with van der Waals surface area (Å²) in [6.45, 7) is 4.47. The summed E-state index contributed by atoms with van der Waals surface area (Å²) in [5.74, 6) is 0.635. The molecule has 0 spiro atoms. The van der Waals surface area contributed by atoms with Crippen LogP contribution in [0.25, 0.3) is 0 Å². The van der Waals surface area contributed by atoms with Gasteiger partial charge in [0.1, 0.15) is 48.8 Å². The summed E-state index contributed by atoms with van der Waals surface area (Å²) in [5, 5.41) is 63.6. The number of ether oxygens (including phenoxy) is 5. The Hall–Kier alpha value is -0.970. The number of carbonyl (C=O) groups is 1. The van der Waals surface area contributed by atoms with E-state index in [0.717, 1.165) is 44.9 Å². The van der Waals surface area contributed by atoms with Gasteiger partial charge in [-0.3, -0.25) is 4.79 Å². The van der Waals surface area contributed by atoms with Gasteiger partial charge in [0.2, 0.25) is 0 Å². The lowest BCUT2D eigenvalue weighted by atomic mass is 9.84. The topological polar surface area (TPSA) is 188 Å². The van der Waals surface area contributed by atoms with Crippen LogP contribution >= 0.6 is 0 Å². The number of nitrogens with zero attached hydrogens (tertiary/aromatic N) is 1. The molecule has 13 heteroatoms. The maximum atomic E-state index is 13.7. The SMILES string of the molecule is CCC1CN(C(=O)[C@H](CC2CCCCC2)O[C@H]2[C@@H](O)[C@@H](CO)O[C@@H](O[C@@H]3CCCC[C@H]3O[C@@H]3O[C@@H](C)[C@@H](O)[C@@H](O)[C@@H]3O)[C@@H]2O)C1. The van der Waals surface area contributed by atoms with Crippen molar-refractivity contribution in [3.63, 3.8) is 0 Å². The average Bonchev–Trinajstić information content (AvgIpc) is 3.02. The first-order valence-corrected chi connectivity index (χ1v) is 17.2. The van der Waals surface area contributed by atoms with Crippen molar-refractivity contribution in [3.8, 4) is 0 Å². The summed E-state index contributed by atoms with van der Waals surface area (Å²) in [5.41, 5.74) is 0. The van der Waals surface area contributed by atoms with Crippen LogP contribution in [0.3, 0.4) is 0 Å². The lowest BCUT2D eigenvalue weighted by Crippen LogP contribution is -2.63. The number of amides is 1. The summed E-state index contributed by atoms with van der Waals surface area (Å²) < 4.78 is 30.2. The zero-order valence-corrected chi connectivity index (χ0v) is 26.6. The van der Waals surface area contributed by atoms with Gasteiger partial charge in [0.05, 0.1) is 24.9 Å². The van der Waals surface area contributed by atoms with Gasteiger partial charge in [0.15, 0.2) is 12.6 Å². The molecule has 0 radical (unpaired) electrons. The molecule has 2 aliphatic carbocycles. The van der Waals surface area contributed by atoms with Crippen LogP contribution in [0, 0.1) is 11.8 Å². The standard InChI is InChI=1S/C32H55NO12/c1-3-18-14-33(15-18)30(40)22(13-19-9-5-4-6-10-19)42-29-25(36)23(16-34)45-32(28(29)39)44-21-12-8-7-11-20(21)43-31-27(38)26(37)24(35)17(2)41-31/h17-29,31-32,34-39H,3-16H2,1-2H3/t17-,20+,21+,22-,23+,24+,25-,26+,27-,28+,29-,31-,32+/m0/s1. The van der Waals surface area contributed by atoms with E-state index in [2.05, 4.69) is 6.92 Å². The van der Waals surface area contributed by atoms with Crippen molar-refractivity contribution in [1.29, 1.82) is 0 Å². The molecular formula is C32H55NO12. The molecule has 0 aromatic heterocycles. The van der Waals surface area contributed by atoms with Gasteiger partial charge < -0.3 is 59.2 Å². The Labute approximate surface area is 265 Å². The van der Waals surface area contributed by atoms with Gasteiger partial charge in [0.25, 0.3) is 5.91 Å². The minimum absolute atomic E-state index is 0.137. The van der Waals surface area contributed by atoms with Crippen molar-refractivity contribution in [2.24, 2.45) is 11.8 Å². The Morgan fingerprint density at radius 2 is 1.38 bits per heavy atom. The van der Waals surface area contributed by atoms with Crippen LogP contribution in [0.4, 0.5) is 0 Å². The molecule has 0 aromatic rings. The molecule has 5 fully saturated rings. The Morgan fingerprint density at radius 1 is 0.778 bits per heavy atom. The molecular weight excluding hydrogens is 590 g/mol. The maximum Gasteiger partial charge on any atom is 0.251 e. The van der Waals surface area contributed by atoms with Crippen LogP contribution in [-0.4, -0.2) is 141 Å². The lowest BCUT2D eigenvalue weighted by molar-refractivity contribution is -0.345. The molecule has 5 aliphatic rings. The normalized spacial score (nSPS) is 42.7. The van der Waals surface area contributed by atoms with Crippen LogP contribution in [0.2, 0.25) is 0 Å². The number of hydrogen-bond donors (Lipinski definition) is 6. The van der Waals surface area contributed by atoms with Gasteiger partial charge in [-0.2, -0.15) is 0 Å². The van der Waals surface area contributed by atoms with E-state index < -0.39 is 86.3 Å². The number of carbonyl (C=O) groups excluding carboxylic acids is 1. The molecule has 3 aliphatic heterocycles. The van der Waals surface area contributed by atoms with E-state index >= 15 is 0 Å². The van der Waals surface area contributed by atoms with Crippen LogP contribution in [0.15, 0.2) is 0 Å². The van der Waals surface area contributed by atoms with Crippen molar-refractivity contribution in [2.45, 2.75) is 164 Å². The Balaban J connectivity index is 1.28. The Bertz CT molecular complexity index is 932. The van der Waals surface area contributed by atoms with Crippen molar-refractivity contribution < 1.29 is 59.1 Å². The molecule has 3 heterocycles. The van der Waals surface area contributed by atoms with Gasteiger partial charge >= 0.3 is 0 Å². The largest absolute Gasteiger partial charge is 0.394 e. The van der Waals surface area contributed by atoms with E-state index in [9.17, 15) is 35.4 Å². The number of likely N-dealkylation sites (tertiary alicyclic amines) is 1. The second kappa shape index (κ2) is 16.0. The summed E-state index contributed by atoms with van der Waals surface area (Å²) in [4.78, 5) is 15.5. The van der Waals surface area contributed by atoms with Crippen molar-refractivity contribution in [2.75, 3.05) is 19.7 Å². The summed E-state index contributed by atoms with van der Waals surface area (Å²) in [6.07, 6.45) is -5.15. The molecule has 45 heavy (non-hydrogen) atoms. The smallest absolute Gasteiger partial charge is 0.251 e. The van der Waals surface area contributed by atoms with Gasteiger partial charge in [-0.05, 0) is 44.4 Å². The molecule has 5 rings (SSSR count). The van der Waals surface area contributed by atoms with Crippen molar-refractivity contribution in [1.82, 2.24) is 4.90 Å². The van der Waals surface area contributed by atoms with Crippen LogP contribution in [0.1, 0.15) is 84.5 Å². The van der Waals surface area contributed by atoms with E-state index in [1.165, 1.54) is 6.42 Å². The Morgan fingerprint density at radius 3 is 1.98 bits per heavy atom. The van der Waals surface area contributed by atoms with E-state index in [1.54, 1.807) is 11.8 Å². The first-order valence-electron chi connectivity index (χ1n) is 17.2. The number of aliphatic hydroxyl groups is 6. The minimum Gasteiger partial charge on any atom is -0.394 e. The number of aliphatic hydroxyl groups excluding tert-OH is 6. The molecule has 260 valence electrons. The minimum atomic E-state index is -1.47. The molecule has 6 N–H and O–H groups in total. The van der Waals surface area contributed by atoms with E-state index in [4.69, 9.17) is 23.7 Å². The first-order chi connectivity index (χ1) is 21.6. The summed E-state index contributed by atoms with van der Waals surface area (Å²) in [7, 11) is 0. The third-order valence-electron chi connectivity index (χ3n) is 10.6. The predicted molar refractivity (Wildman–Crippen MR) is 159 cm³/mol. The lowest BCUT2D eigenvalue weighted by Gasteiger charge is -2.47. The highest BCUT2D eigenvalue weighted by molar-refractivity contribution is 5.81. The molecule has 0 aromatic carbocycles. The zero-order valence-electron chi connectivity index (χ0n) is 26.6. The van der Waals surface area contributed by atoms with Gasteiger partial charge in [-0.25, -0.2) is 0 Å². The highest BCUT2D eigenvalue weighted by Gasteiger charge is 2.50. The molecule has 3 saturated heterocycles. The predicted octanol–water partition coefficient (Wildman–Crippen LogP) is 0.190. The number of rotatable bonds is 11. The highest BCUT2D eigenvalue weighted by Crippen LogP contribution is 2.35. The van der Waals surface area contributed by atoms with Gasteiger partial charge in [0, 0.05) is 13.1 Å². The van der Waals surface area contributed by atoms with Crippen LogP contribution in [0.5, 0.6) is 0 Å². The second-order valence-corrected chi connectivity index (χ2v) is 13.9. The van der Waals surface area contributed by atoms with Gasteiger partial charge in [-0.15, -0.1) is 0 Å². The van der Waals surface area contributed by atoms with E-state index in [1.807, 2.05) is 0 Å². The van der Waals surface area contributed by atoms with E-state index in [-0.39, 0.29) is 5.91 Å². The molecule has 1 amide bonds. The van der Waals surface area contributed by atoms with Gasteiger partial charge in [-0.1, -0.05) is 51.9 Å². The first kappa shape index (κ1) is 35.3. The van der Waals surface area contributed by atoms with Crippen molar-refractivity contribution in [3.05, 3.63) is 0 Å². The number of hydrogen-bond acceptors (Lipinski definition) is 12. The molecule has 13 atom stereocenters. The third kappa shape index (κ3) is 8.19. The Kier molecular flexibility index (Phi) is 12.5. The third-order valence-corrected chi connectivity index (χ3v) is 10.6. The monoisotopic (exact) mass is 645 g/mol. The van der Waals surface area contributed by atoms with Crippen LogP contribution in [-0.2, 0) is 28.5 Å². The fourth-order valence-corrected chi connectivity index (χ4v) is 7.51. The molecule has 0 bridgehead atoms. The van der Waals surface area contributed by atoms with E-state index in [0.29, 0.717) is 44.2 Å². The zero-order chi connectivity index (χ0) is 32.2. The fraction of sp³-hybridized carbons (Fsp3) is 0.969. The highest BCUT2D eigenvalue weighted by atomic mass is 16.7. The molecule has 2 saturated carbocycles. The summed E-state index contributed by atoms with van der Waals surface area (Å²) >= 11 is 0. The quantitative estimate of drug-likeness (QED) is 0.179. The maximum absolute atomic E-state index is 13.7. The summed E-state index contributed by atoms with van der Waals surface area (Å²) in [6, 6.07) is 0. The van der Waals surface area contributed by atoms with Crippen molar-refractivity contribution >= 4 is 5.91 Å². The molecule has 0 unspecified atom stereocenters. The molecule has 13 nitrogen and oxygen atoms in total. The fourth-order valence-electron chi connectivity index (χ4n) is 7.51.